The van der Waals surface area contributed by atoms with Gasteiger partial charge in [-0.05, 0) is 43.3 Å². The molecule has 102 valence electrons. The summed E-state index contributed by atoms with van der Waals surface area (Å²) in [4.78, 5) is 4.20. The van der Waals surface area contributed by atoms with E-state index in [4.69, 9.17) is 10.00 Å². The average Bonchev–Trinajstić information content (AvgIpc) is 2.48. The molecular weight excluding hydrogens is 250 g/mol. The Hall–Kier alpha value is -2.38. The van der Waals surface area contributed by atoms with Crippen LogP contribution in [0.1, 0.15) is 31.0 Å². The number of nitrogens with zero attached hydrogens (tertiary/aromatic N) is 2. The van der Waals surface area contributed by atoms with Crippen molar-refractivity contribution in [3.05, 3.63) is 53.7 Å². The minimum atomic E-state index is 0.246. The molecule has 0 aliphatic carbocycles. The zero-order chi connectivity index (χ0) is 14.4. The van der Waals surface area contributed by atoms with Gasteiger partial charge in [0.15, 0.2) is 0 Å². The Kier molecular flexibility index (Phi) is 4.70. The second-order valence-electron chi connectivity index (χ2n) is 4.45. The quantitative estimate of drug-likeness (QED) is 0.901. The maximum Gasteiger partial charge on any atom is 0.219 e. The van der Waals surface area contributed by atoms with E-state index >= 15 is 0 Å². The van der Waals surface area contributed by atoms with Crippen molar-refractivity contribution in [2.24, 2.45) is 0 Å². The Morgan fingerprint density at radius 1 is 1.35 bits per heavy atom. The normalized spacial score (nSPS) is 11.7. The van der Waals surface area contributed by atoms with Gasteiger partial charge in [-0.1, -0.05) is 13.0 Å². The van der Waals surface area contributed by atoms with Gasteiger partial charge in [-0.2, -0.15) is 5.26 Å². The van der Waals surface area contributed by atoms with Gasteiger partial charge in [0.05, 0.1) is 11.6 Å². The summed E-state index contributed by atoms with van der Waals surface area (Å²) < 4.78 is 5.70. The predicted molar refractivity (Wildman–Crippen MR) is 77.6 cm³/mol. The van der Waals surface area contributed by atoms with E-state index in [1.165, 1.54) is 0 Å². The van der Waals surface area contributed by atoms with Crippen molar-refractivity contribution in [2.75, 3.05) is 6.54 Å². The molecule has 0 aliphatic rings. The van der Waals surface area contributed by atoms with Gasteiger partial charge >= 0.3 is 0 Å². The number of pyridine rings is 1. The Bertz CT molecular complexity index is 619. The highest BCUT2D eigenvalue weighted by atomic mass is 16.5. The van der Waals surface area contributed by atoms with E-state index in [2.05, 4.69) is 30.2 Å². The summed E-state index contributed by atoms with van der Waals surface area (Å²) in [5.41, 5.74) is 1.69. The largest absolute Gasteiger partial charge is 0.439 e. The second-order valence-corrected chi connectivity index (χ2v) is 4.45. The molecular formula is C16H17N3O. The molecule has 20 heavy (non-hydrogen) atoms. The van der Waals surface area contributed by atoms with Crippen LogP contribution < -0.4 is 10.1 Å². The van der Waals surface area contributed by atoms with E-state index in [-0.39, 0.29) is 6.04 Å². The highest BCUT2D eigenvalue weighted by Crippen LogP contribution is 2.23. The van der Waals surface area contributed by atoms with Crippen molar-refractivity contribution in [2.45, 2.75) is 19.9 Å². The zero-order valence-corrected chi connectivity index (χ0v) is 11.6. The predicted octanol–water partition coefficient (Wildman–Crippen LogP) is 3.42. The molecule has 1 unspecified atom stereocenters. The maximum absolute atomic E-state index is 8.87. The van der Waals surface area contributed by atoms with Crippen LogP contribution in [0.4, 0.5) is 0 Å². The Balaban J connectivity index is 2.17. The molecule has 0 amide bonds. The third kappa shape index (κ3) is 3.56. The fourth-order valence-corrected chi connectivity index (χ4v) is 1.92. The maximum atomic E-state index is 8.87. The Labute approximate surface area is 119 Å². The van der Waals surface area contributed by atoms with Crippen molar-refractivity contribution in [1.29, 1.82) is 5.26 Å². The lowest BCUT2D eigenvalue weighted by Gasteiger charge is -2.13. The van der Waals surface area contributed by atoms with E-state index < -0.39 is 0 Å². The Morgan fingerprint density at radius 3 is 2.95 bits per heavy atom. The highest BCUT2D eigenvalue weighted by molar-refractivity contribution is 5.38. The van der Waals surface area contributed by atoms with Crippen LogP contribution >= 0.6 is 0 Å². The van der Waals surface area contributed by atoms with Gasteiger partial charge in [0.1, 0.15) is 5.75 Å². The number of rotatable bonds is 5. The number of ether oxygens (including phenoxy) is 1. The van der Waals surface area contributed by atoms with E-state index in [0.717, 1.165) is 12.1 Å². The van der Waals surface area contributed by atoms with Crippen molar-refractivity contribution in [1.82, 2.24) is 10.3 Å². The minimum absolute atomic E-state index is 0.246. The lowest BCUT2D eigenvalue weighted by Crippen LogP contribution is -2.17. The van der Waals surface area contributed by atoms with Crippen molar-refractivity contribution >= 4 is 0 Å². The third-order valence-corrected chi connectivity index (χ3v) is 2.95. The molecule has 4 nitrogen and oxygen atoms in total. The fraction of sp³-hybridized carbons (Fsp3) is 0.250. The average molecular weight is 267 g/mol. The Morgan fingerprint density at radius 2 is 2.20 bits per heavy atom. The van der Waals surface area contributed by atoms with Crippen LogP contribution in [0.25, 0.3) is 0 Å². The lowest BCUT2D eigenvalue weighted by molar-refractivity contribution is 0.460. The summed E-state index contributed by atoms with van der Waals surface area (Å²) in [6.45, 7) is 5.07. The molecule has 2 aromatic rings. The number of hydrogen-bond donors (Lipinski definition) is 1. The van der Waals surface area contributed by atoms with Crippen LogP contribution in [0.5, 0.6) is 11.6 Å². The van der Waals surface area contributed by atoms with E-state index in [9.17, 15) is 0 Å². The first-order valence-electron chi connectivity index (χ1n) is 6.60. The van der Waals surface area contributed by atoms with Crippen LogP contribution in [0, 0.1) is 11.3 Å². The second kappa shape index (κ2) is 6.69. The van der Waals surface area contributed by atoms with Crippen molar-refractivity contribution < 1.29 is 4.74 Å². The van der Waals surface area contributed by atoms with Gasteiger partial charge in [-0.25, -0.2) is 4.98 Å². The highest BCUT2D eigenvalue weighted by Gasteiger charge is 2.06. The monoisotopic (exact) mass is 267 g/mol. The number of nitriles is 1. The summed E-state index contributed by atoms with van der Waals surface area (Å²) in [5.74, 6) is 1.15. The number of hydrogen-bond acceptors (Lipinski definition) is 4. The number of benzene rings is 1. The third-order valence-electron chi connectivity index (χ3n) is 2.95. The molecule has 1 atom stereocenters. The summed E-state index contributed by atoms with van der Waals surface area (Å²) in [6, 6.07) is 13.2. The first-order valence-corrected chi connectivity index (χ1v) is 6.60. The summed E-state index contributed by atoms with van der Waals surface area (Å²) in [5, 5.41) is 12.2. The first-order chi connectivity index (χ1) is 9.72. The smallest absolute Gasteiger partial charge is 0.219 e. The van der Waals surface area contributed by atoms with Crippen LogP contribution in [-0.4, -0.2) is 11.5 Å². The molecule has 4 heteroatoms. The van der Waals surface area contributed by atoms with Gasteiger partial charge in [-0.15, -0.1) is 0 Å². The molecule has 0 bridgehead atoms. The SMILES string of the molecule is CCNC(C)c1ccnc(Oc2cccc(C#N)c2)c1. The molecule has 0 aliphatic heterocycles. The van der Waals surface area contributed by atoms with Gasteiger partial charge in [-0.3, -0.25) is 0 Å². The van der Waals surface area contributed by atoms with Gasteiger partial charge < -0.3 is 10.1 Å². The van der Waals surface area contributed by atoms with Crippen LogP contribution in [-0.2, 0) is 0 Å². The van der Waals surface area contributed by atoms with Crippen LogP contribution in [0.15, 0.2) is 42.6 Å². The molecule has 0 spiro atoms. The summed E-state index contributed by atoms with van der Waals surface area (Å²) >= 11 is 0. The van der Waals surface area contributed by atoms with Crippen molar-refractivity contribution in [3.63, 3.8) is 0 Å². The molecule has 0 saturated heterocycles. The molecule has 2 rings (SSSR count). The lowest BCUT2D eigenvalue weighted by atomic mass is 10.1. The molecule has 0 saturated carbocycles. The van der Waals surface area contributed by atoms with Crippen LogP contribution in [0.2, 0.25) is 0 Å². The van der Waals surface area contributed by atoms with Crippen molar-refractivity contribution in [3.8, 4) is 17.7 Å². The molecule has 0 radical (unpaired) electrons. The number of aromatic nitrogens is 1. The van der Waals surface area contributed by atoms with Gasteiger partial charge in [0.2, 0.25) is 5.88 Å². The molecule has 1 aromatic carbocycles. The minimum Gasteiger partial charge on any atom is -0.439 e. The summed E-state index contributed by atoms with van der Waals surface area (Å²) in [7, 11) is 0. The molecule has 0 fully saturated rings. The molecule has 1 heterocycles. The molecule has 1 N–H and O–H groups in total. The topological polar surface area (TPSA) is 57.9 Å². The molecule has 1 aromatic heterocycles. The fourth-order valence-electron chi connectivity index (χ4n) is 1.92. The first kappa shape index (κ1) is 14.0. The van der Waals surface area contributed by atoms with E-state index in [0.29, 0.717) is 17.2 Å². The summed E-state index contributed by atoms with van der Waals surface area (Å²) in [6.07, 6.45) is 1.73. The zero-order valence-electron chi connectivity index (χ0n) is 11.6. The van der Waals surface area contributed by atoms with Gasteiger partial charge in [0, 0.05) is 18.3 Å². The van der Waals surface area contributed by atoms with Crippen LogP contribution in [0.3, 0.4) is 0 Å². The van der Waals surface area contributed by atoms with E-state index in [1.54, 1.807) is 24.4 Å². The van der Waals surface area contributed by atoms with E-state index in [1.807, 2.05) is 18.2 Å². The number of nitrogens with one attached hydrogen (secondary N) is 1. The standard InChI is InChI=1S/C16H17N3O/c1-3-18-12(2)14-7-8-19-16(10-14)20-15-6-4-5-13(9-15)11-17/h4-10,12,18H,3H2,1-2H3. The van der Waals surface area contributed by atoms with Gasteiger partial charge in [0.25, 0.3) is 0 Å².